The van der Waals surface area contributed by atoms with Crippen LogP contribution >= 0.6 is 0 Å². The van der Waals surface area contributed by atoms with Gasteiger partial charge in [-0.1, -0.05) is 24.3 Å². The molecule has 2 unspecified atom stereocenters. The van der Waals surface area contributed by atoms with Crippen LogP contribution in [0.15, 0.2) is 47.3 Å². The number of H-pyrrole nitrogens is 1. The fourth-order valence-electron chi connectivity index (χ4n) is 4.34. The van der Waals surface area contributed by atoms with Crippen molar-refractivity contribution in [2.45, 2.75) is 38.0 Å². The lowest BCUT2D eigenvalue weighted by molar-refractivity contribution is 0.470. The van der Waals surface area contributed by atoms with Gasteiger partial charge < -0.3 is 4.98 Å². The van der Waals surface area contributed by atoms with Crippen LogP contribution in [0.4, 0.5) is 0 Å². The number of hydrogen-bond acceptors (Lipinski definition) is 3. The molecule has 2 atom stereocenters. The summed E-state index contributed by atoms with van der Waals surface area (Å²) in [5.41, 5.74) is 4.32. The predicted octanol–water partition coefficient (Wildman–Crippen LogP) is 4.22. The molecule has 4 rings (SSSR count). The third kappa shape index (κ3) is 2.54. The molecule has 0 saturated heterocycles. The topological polar surface area (TPSA) is 80.4 Å². The lowest BCUT2D eigenvalue weighted by Gasteiger charge is -2.30. The molecule has 1 aliphatic rings. The summed E-state index contributed by atoms with van der Waals surface area (Å²) in [7, 11) is 0. The molecular formula is C23H19N3O. The van der Waals surface area contributed by atoms with Gasteiger partial charge in [0, 0.05) is 17.0 Å². The highest BCUT2D eigenvalue weighted by atomic mass is 16.1. The number of pyridine rings is 1. The minimum absolute atomic E-state index is 0.0143. The summed E-state index contributed by atoms with van der Waals surface area (Å²) < 4.78 is 0. The van der Waals surface area contributed by atoms with Gasteiger partial charge >= 0.3 is 0 Å². The highest BCUT2D eigenvalue weighted by Crippen LogP contribution is 2.47. The Hall–Kier alpha value is -3.37. The molecule has 132 valence electrons. The largest absolute Gasteiger partial charge is 0.322 e. The lowest BCUT2D eigenvalue weighted by Crippen LogP contribution is -2.27. The first-order valence-corrected chi connectivity index (χ1v) is 9.05. The summed E-state index contributed by atoms with van der Waals surface area (Å²) in [5, 5.41) is 20.5. The van der Waals surface area contributed by atoms with Crippen LogP contribution in [0.1, 0.15) is 47.1 Å². The summed E-state index contributed by atoms with van der Waals surface area (Å²) in [6.07, 6.45) is 1.64. The average Bonchev–Trinajstić information content (AvgIpc) is 3.12. The van der Waals surface area contributed by atoms with Crippen molar-refractivity contribution in [2.75, 3.05) is 0 Å². The molecule has 4 nitrogen and oxygen atoms in total. The third-order valence-corrected chi connectivity index (χ3v) is 5.95. The van der Waals surface area contributed by atoms with Crippen molar-refractivity contribution < 1.29 is 0 Å². The van der Waals surface area contributed by atoms with Crippen molar-refractivity contribution in [1.82, 2.24) is 4.98 Å². The molecule has 0 saturated carbocycles. The molecule has 0 spiro atoms. The van der Waals surface area contributed by atoms with Gasteiger partial charge in [0.1, 0.15) is 0 Å². The van der Waals surface area contributed by atoms with Gasteiger partial charge in [-0.3, -0.25) is 4.79 Å². The molecule has 0 aliphatic heterocycles. The Bertz CT molecular complexity index is 1210. The van der Waals surface area contributed by atoms with Crippen LogP contribution in [0.2, 0.25) is 0 Å². The average molecular weight is 353 g/mol. The zero-order valence-electron chi connectivity index (χ0n) is 15.3. The normalized spacial score (nSPS) is 17.7. The number of rotatable bonds is 2. The molecule has 1 heterocycles. The van der Waals surface area contributed by atoms with Crippen molar-refractivity contribution in [1.29, 1.82) is 10.5 Å². The van der Waals surface area contributed by atoms with Crippen LogP contribution < -0.4 is 5.56 Å². The molecule has 1 N–H and O–H groups in total. The summed E-state index contributed by atoms with van der Waals surface area (Å²) in [6, 6.07) is 18.3. The second kappa shape index (κ2) is 6.11. The first kappa shape index (κ1) is 17.1. The molecule has 0 fully saturated rings. The number of aryl methyl sites for hydroxylation is 1. The van der Waals surface area contributed by atoms with Crippen molar-refractivity contribution in [3.63, 3.8) is 0 Å². The van der Waals surface area contributed by atoms with Gasteiger partial charge in [-0.2, -0.15) is 10.5 Å². The Kier molecular flexibility index (Phi) is 3.86. The molecule has 2 aromatic carbocycles. The van der Waals surface area contributed by atoms with Gasteiger partial charge in [0.15, 0.2) is 0 Å². The van der Waals surface area contributed by atoms with E-state index in [1.54, 1.807) is 6.92 Å². The second-order valence-electron chi connectivity index (χ2n) is 7.47. The van der Waals surface area contributed by atoms with Crippen LogP contribution in [0.25, 0.3) is 10.9 Å². The van der Waals surface area contributed by atoms with Gasteiger partial charge in [-0.25, -0.2) is 0 Å². The molecule has 0 radical (unpaired) electrons. The van der Waals surface area contributed by atoms with Gasteiger partial charge in [0.25, 0.3) is 5.56 Å². The van der Waals surface area contributed by atoms with Gasteiger partial charge in [-0.05, 0) is 67.0 Å². The Balaban J connectivity index is 1.87. The van der Waals surface area contributed by atoms with E-state index in [0.29, 0.717) is 11.1 Å². The predicted molar refractivity (Wildman–Crippen MR) is 104 cm³/mol. The molecule has 0 amide bonds. The van der Waals surface area contributed by atoms with E-state index in [-0.39, 0.29) is 11.5 Å². The van der Waals surface area contributed by atoms with E-state index in [2.05, 4.69) is 17.1 Å². The van der Waals surface area contributed by atoms with Crippen LogP contribution in [0.5, 0.6) is 0 Å². The van der Waals surface area contributed by atoms with E-state index in [9.17, 15) is 15.3 Å². The SMILES string of the molecule is Cc1cc2ccc(C(C)(C#N)C3CCc4c(C#N)cccc43)cc2[nH]c1=O. The fourth-order valence-corrected chi connectivity index (χ4v) is 4.34. The zero-order valence-corrected chi connectivity index (χ0v) is 15.3. The fraction of sp³-hybridized carbons (Fsp3) is 0.261. The standard InChI is InChI=1S/C23H19N3O/c1-14-10-15-6-7-17(11-21(15)26-22(14)27)23(2,13-25)20-9-8-18-16(12-24)4-3-5-19(18)20/h3-7,10-11,20H,8-9H2,1-2H3,(H,26,27). The number of benzene rings is 2. The highest BCUT2D eigenvalue weighted by molar-refractivity contribution is 5.80. The second-order valence-corrected chi connectivity index (χ2v) is 7.47. The Morgan fingerprint density at radius 1 is 1.19 bits per heavy atom. The first-order chi connectivity index (χ1) is 13.0. The van der Waals surface area contributed by atoms with E-state index in [1.807, 2.05) is 49.4 Å². The molecule has 4 heteroatoms. The number of hydrogen-bond donors (Lipinski definition) is 1. The van der Waals surface area contributed by atoms with Crippen LogP contribution in [0.3, 0.4) is 0 Å². The minimum Gasteiger partial charge on any atom is -0.322 e. The van der Waals surface area contributed by atoms with Crippen molar-refractivity contribution >= 4 is 10.9 Å². The van der Waals surface area contributed by atoms with E-state index in [1.165, 1.54) is 0 Å². The Morgan fingerprint density at radius 3 is 2.74 bits per heavy atom. The summed E-state index contributed by atoms with van der Waals surface area (Å²) in [5.74, 6) is 0.0143. The molecular weight excluding hydrogens is 334 g/mol. The van der Waals surface area contributed by atoms with Gasteiger partial charge in [-0.15, -0.1) is 0 Å². The van der Waals surface area contributed by atoms with E-state index >= 15 is 0 Å². The number of nitriles is 2. The van der Waals surface area contributed by atoms with E-state index < -0.39 is 5.41 Å². The monoisotopic (exact) mass is 353 g/mol. The lowest BCUT2D eigenvalue weighted by atomic mass is 9.70. The van der Waals surface area contributed by atoms with Gasteiger partial charge in [0.05, 0.1) is 23.1 Å². The molecule has 1 aliphatic carbocycles. The quantitative estimate of drug-likeness (QED) is 0.749. The van der Waals surface area contributed by atoms with E-state index in [0.717, 1.165) is 40.4 Å². The summed E-state index contributed by atoms with van der Waals surface area (Å²) in [6.45, 7) is 3.74. The van der Waals surface area contributed by atoms with Crippen molar-refractivity contribution in [2.24, 2.45) is 0 Å². The van der Waals surface area contributed by atoms with Crippen LogP contribution in [-0.2, 0) is 11.8 Å². The van der Waals surface area contributed by atoms with Crippen LogP contribution in [-0.4, -0.2) is 4.98 Å². The van der Waals surface area contributed by atoms with Crippen LogP contribution in [0, 0.1) is 29.6 Å². The third-order valence-electron chi connectivity index (χ3n) is 5.95. The van der Waals surface area contributed by atoms with Crippen molar-refractivity contribution in [3.05, 3.63) is 80.6 Å². The maximum Gasteiger partial charge on any atom is 0.251 e. The smallest absolute Gasteiger partial charge is 0.251 e. The Labute approximate surface area is 157 Å². The van der Waals surface area contributed by atoms with Gasteiger partial charge in [0.2, 0.25) is 0 Å². The number of nitrogens with one attached hydrogen (secondary N) is 1. The van der Waals surface area contributed by atoms with E-state index in [4.69, 9.17) is 0 Å². The Morgan fingerprint density at radius 2 is 2.00 bits per heavy atom. The molecule has 27 heavy (non-hydrogen) atoms. The number of fused-ring (bicyclic) bond motifs is 2. The maximum atomic E-state index is 12.0. The maximum absolute atomic E-state index is 12.0. The summed E-state index contributed by atoms with van der Waals surface area (Å²) in [4.78, 5) is 14.9. The summed E-state index contributed by atoms with van der Waals surface area (Å²) >= 11 is 0. The number of aromatic nitrogens is 1. The number of aromatic amines is 1. The molecule has 3 aromatic rings. The first-order valence-electron chi connectivity index (χ1n) is 9.05. The highest BCUT2D eigenvalue weighted by Gasteiger charge is 2.41. The molecule has 1 aromatic heterocycles. The number of nitrogens with zero attached hydrogens (tertiary/aromatic N) is 2. The van der Waals surface area contributed by atoms with Crippen molar-refractivity contribution in [3.8, 4) is 12.1 Å². The minimum atomic E-state index is -0.741. The molecule has 0 bridgehead atoms. The zero-order chi connectivity index (χ0) is 19.2.